The van der Waals surface area contributed by atoms with Crippen LogP contribution >= 0.6 is 11.6 Å². The lowest BCUT2D eigenvalue weighted by atomic mass is 10.1. The van der Waals surface area contributed by atoms with E-state index in [0.717, 1.165) is 49.1 Å². The molecular weight excluding hydrogens is 312 g/mol. The monoisotopic (exact) mass is 330 g/mol. The Hall–Kier alpha value is -2.14. The third kappa shape index (κ3) is 4.20. The number of hydrogen-bond donors (Lipinski definition) is 0. The highest BCUT2D eigenvalue weighted by Crippen LogP contribution is 2.13. The maximum Gasteiger partial charge on any atom is 0.225 e. The molecule has 0 spiro atoms. The first kappa shape index (κ1) is 15.7. The van der Waals surface area contributed by atoms with Gasteiger partial charge in [-0.05, 0) is 30.2 Å². The van der Waals surface area contributed by atoms with Crippen LogP contribution in [-0.4, -0.2) is 47.0 Å². The normalized spacial score (nSPS) is 14.8. The number of amides is 1. The number of hydrogen-bond acceptors (Lipinski definition) is 4. The van der Waals surface area contributed by atoms with Crippen molar-refractivity contribution in [3.63, 3.8) is 0 Å². The van der Waals surface area contributed by atoms with E-state index in [1.807, 2.05) is 29.2 Å². The SMILES string of the molecule is O=C(CCc1ccc(Cl)cc1)N1CCN(c2ncccn2)CC1. The largest absolute Gasteiger partial charge is 0.339 e. The third-order valence-electron chi connectivity index (χ3n) is 4.01. The topological polar surface area (TPSA) is 49.3 Å². The Morgan fingerprint density at radius 1 is 1.04 bits per heavy atom. The van der Waals surface area contributed by atoms with Crippen molar-refractivity contribution in [1.82, 2.24) is 14.9 Å². The molecule has 6 heteroatoms. The van der Waals surface area contributed by atoms with Crippen LogP contribution in [-0.2, 0) is 11.2 Å². The Morgan fingerprint density at radius 3 is 2.35 bits per heavy atom. The number of carbonyl (C=O) groups excluding carboxylic acids is 1. The van der Waals surface area contributed by atoms with Crippen LogP contribution in [0.2, 0.25) is 5.02 Å². The van der Waals surface area contributed by atoms with Gasteiger partial charge in [0.1, 0.15) is 0 Å². The average Bonchev–Trinajstić information content (AvgIpc) is 2.62. The molecule has 1 aromatic heterocycles. The summed E-state index contributed by atoms with van der Waals surface area (Å²) in [6, 6.07) is 9.47. The van der Waals surface area contributed by atoms with Gasteiger partial charge in [-0.2, -0.15) is 0 Å². The van der Waals surface area contributed by atoms with E-state index in [0.29, 0.717) is 6.42 Å². The van der Waals surface area contributed by atoms with E-state index in [4.69, 9.17) is 11.6 Å². The highest BCUT2D eigenvalue weighted by Gasteiger charge is 2.22. The van der Waals surface area contributed by atoms with Crippen molar-refractivity contribution in [2.75, 3.05) is 31.1 Å². The molecule has 120 valence electrons. The van der Waals surface area contributed by atoms with Gasteiger partial charge in [0.25, 0.3) is 0 Å². The van der Waals surface area contributed by atoms with Crippen molar-refractivity contribution in [2.24, 2.45) is 0 Å². The number of aryl methyl sites for hydroxylation is 1. The molecule has 3 rings (SSSR count). The summed E-state index contributed by atoms with van der Waals surface area (Å²) in [5.74, 6) is 0.939. The second-order valence-electron chi connectivity index (χ2n) is 5.54. The van der Waals surface area contributed by atoms with E-state index in [9.17, 15) is 4.79 Å². The number of aromatic nitrogens is 2. The molecule has 1 amide bonds. The van der Waals surface area contributed by atoms with Gasteiger partial charge in [0.2, 0.25) is 11.9 Å². The summed E-state index contributed by atoms with van der Waals surface area (Å²) in [5, 5.41) is 0.722. The van der Waals surface area contributed by atoms with Crippen molar-refractivity contribution in [3.8, 4) is 0 Å². The van der Waals surface area contributed by atoms with Crippen LogP contribution in [0.4, 0.5) is 5.95 Å². The second kappa shape index (κ2) is 7.42. The second-order valence-corrected chi connectivity index (χ2v) is 5.98. The maximum absolute atomic E-state index is 12.3. The molecule has 0 N–H and O–H groups in total. The lowest BCUT2D eigenvalue weighted by Crippen LogP contribution is -2.49. The van der Waals surface area contributed by atoms with E-state index in [2.05, 4.69) is 14.9 Å². The van der Waals surface area contributed by atoms with Gasteiger partial charge >= 0.3 is 0 Å². The fraction of sp³-hybridized carbons (Fsp3) is 0.353. The molecule has 2 heterocycles. The van der Waals surface area contributed by atoms with Crippen LogP contribution in [0.5, 0.6) is 0 Å². The molecule has 0 atom stereocenters. The van der Waals surface area contributed by atoms with Crippen molar-refractivity contribution >= 4 is 23.5 Å². The lowest BCUT2D eigenvalue weighted by molar-refractivity contribution is -0.131. The fourth-order valence-corrected chi connectivity index (χ4v) is 2.80. The van der Waals surface area contributed by atoms with Crippen molar-refractivity contribution in [1.29, 1.82) is 0 Å². The first-order valence-electron chi connectivity index (χ1n) is 7.76. The van der Waals surface area contributed by atoms with Crippen LogP contribution in [0.15, 0.2) is 42.7 Å². The predicted octanol–water partition coefficient (Wildman–Crippen LogP) is 2.41. The number of piperazine rings is 1. The molecule has 1 saturated heterocycles. The number of halogens is 1. The molecule has 0 saturated carbocycles. The Balaban J connectivity index is 1.47. The van der Waals surface area contributed by atoms with E-state index in [1.54, 1.807) is 18.5 Å². The zero-order valence-electron chi connectivity index (χ0n) is 12.9. The standard InChI is InChI=1S/C17H19ClN4O/c18-15-5-2-14(3-6-15)4-7-16(23)21-10-12-22(13-11-21)17-19-8-1-9-20-17/h1-3,5-6,8-9H,4,7,10-13H2. The predicted molar refractivity (Wildman–Crippen MR) is 90.6 cm³/mol. The van der Waals surface area contributed by atoms with E-state index in [1.165, 1.54) is 0 Å². The summed E-state index contributed by atoms with van der Waals surface area (Å²) < 4.78 is 0. The van der Waals surface area contributed by atoms with Crippen molar-refractivity contribution < 1.29 is 4.79 Å². The van der Waals surface area contributed by atoms with Gasteiger partial charge < -0.3 is 9.80 Å². The number of nitrogens with zero attached hydrogens (tertiary/aromatic N) is 4. The summed E-state index contributed by atoms with van der Waals surface area (Å²) in [6.07, 6.45) is 4.76. The van der Waals surface area contributed by atoms with Gasteiger partial charge in [-0.25, -0.2) is 9.97 Å². The molecule has 1 aliphatic heterocycles. The minimum absolute atomic E-state index is 0.202. The summed E-state index contributed by atoms with van der Waals surface area (Å²) in [4.78, 5) is 24.9. The van der Waals surface area contributed by atoms with Crippen LogP contribution in [0, 0.1) is 0 Å². The highest BCUT2D eigenvalue weighted by atomic mass is 35.5. The quantitative estimate of drug-likeness (QED) is 0.864. The minimum Gasteiger partial charge on any atom is -0.339 e. The van der Waals surface area contributed by atoms with Gasteiger partial charge in [-0.15, -0.1) is 0 Å². The molecule has 1 aromatic carbocycles. The molecule has 0 unspecified atom stereocenters. The Kier molecular flexibility index (Phi) is 5.08. The van der Waals surface area contributed by atoms with Gasteiger partial charge in [-0.3, -0.25) is 4.79 Å². The summed E-state index contributed by atoms with van der Waals surface area (Å²) >= 11 is 5.87. The highest BCUT2D eigenvalue weighted by molar-refractivity contribution is 6.30. The van der Waals surface area contributed by atoms with Gasteiger partial charge in [0.05, 0.1) is 0 Å². The van der Waals surface area contributed by atoms with Crippen LogP contribution in [0.25, 0.3) is 0 Å². The third-order valence-corrected chi connectivity index (χ3v) is 4.26. The maximum atomic E-state index is 12.3. The van der Waals surface area contributed by atoms with E-state index in [-0.39, 0.29) is 5.91 Å². The number of anilines is 1. The molecular formula is C17H19ClN4O. The molecule has 0 radical (unpaired) electrons. The smallest absolute Gasteiger partial charge is 0.225 e. The Labute approximate surface area is 140 Å². The number of benzene rings is 1. The first-order chi connectivity index (χ1) is 11.2. The molecule has 0 aliphatic carbocycles. The molecule has 1 fully saturated rings. The van der Waals surface area contributed by atoms with Crippen molar-refractivity contribution in [3.05, 3.63) is 53.3 Å². The number of rotatable bonds is 4. The molecule has 5 nitrogen and oxygen atoms in total. The molecule has 1 aliphatic rings. The minimum atomic E-state index is 0.202. The average molecular weight is 331 g/mol. The molecule has 0 bridgehead atoms. The first-order valence-corrected chi connectivity index (χ1v) is 8.14. The summed E-state index contributed by atoms with van der Waals surface area (Å²) in [7, 11) is 0. The fourth-order valence-electron chi connectivity index (χ4n) is 2.67. The Bertz CT molecular complexity index is 639. The van der Waals surface area contributed by atoms with Gasteiger partial charge in [-0.1, -0.05) is 23.7 Å². The van der Waals surface area contributed by atoms with Gasteiger partial charge in [0.15, 0.2) is 0 Å². The van der Waals surface area contributed by atoms with Crippen LogP contribution < -0.4 is 4.90 Å². The zero-order valence-corrected chi connectivity index (χ0v) is 13.6. The van der Waals surface area contributed by atoms with E-state index < -0.39 is 0 Å². The number of carbonyl (C=O) groups is 1. The molecule has 2 aromatic rings. The van der Waals surface area contributed by atoms with Crippen LogP contribution in [0.3, 0.4) is 0 Å². The Morgan fingerprint density at radius 2 is 1.70 bits per heavy atom. The van der Waals surface area contributed by atoms with Gasteiger partial charge in [0, 0.05) is 50.0 Å². The van der Waals surface area contributed by atoms with E-state index >= 15 is 0 Å². The summed E-state index contributed by atoms with van der Waals surface area (Å²) in [5.41, 5.74) is 1.14. The van der Waals surface area contributed by atoms with Crippen LogP contribution in [0.1, 0.15) is 12.0 Å². The lowest BCUT2D eigenvalue weighted by Gasteiger charge is -2.34. The molecule has 23 heavy (non-hydrogen) atoms. The van der Waals surface area contributed by atoms with Crippen molar-refractivity contribution in [2.45, 2.75) is 12.8 Å². The summed E-state index contributed by atoms with van der Waals surface area (Å²) in [6.45, 7) is 2.99. The zero-order chi connectivity index (χ0) is 16.1.